The van der Waals surface area contributed by atoms with E-state index in [1.807, 2.05) is 0 Å². The van der Waals surface area contributed by atoms with Gasteiger partial charge in [0.05, 0.1) is 0 Å². The smallest absolute Gasteiger partial charge is 0.0351 e. The highest BCUT2D eigenvalue weighted by atomic mass is 14.0. The van der Waals surface area contributed by atoms with Gasteiger partial charge in [-0.15, -0.1) is 0 Å². The fourth-order valence-corrected chi connectivity index (χ4v) is 2.42. The predicted octanol–water partition coefficient (Wildman–Crippen LogP) is 7.25. The molecule has 113 valence electrons. The fraction of sp³-hybridized carbons (Fsp3) is 0.842. The second kappa shape index (κ2) is 17.7. The van der Waals surface area contributed by atoms with Gasteiger partial charge < -0.3 is 0 Å². The lowest BCUT2D eigenvalue weighted by Crippen LogP contribution is -1.79. The van der Waals surface area contributed by atoms with Gasteiger partial charge in [0.2, 0.25) is 0 Å². The standard InChI is InChI=1S/C19H37/c1-3-5-7-9-11-13-15-17-19-18-16-14-12-10-8-6-4-2/h18-19H,1,3-17H2,2H3/b19-18-. The Morgan fingerprint density at radius 2 is 1.00 bits per heavy atom. The Balaban J connectivity index is 3.01. The predicted molar refractivity (Wildman–Crippen MR) is 89.4 cm³/mol. The Morgan fingerprint density at radius 1 is 0.579 bits per heavy atom. The largest absolute Gasteiger partial charge is 0.0885 e. The van der Waals surface area contributed by atoms with Gasteiger partial charge >= 0.3 is 0 Å². The summed E-state index contributed by atoms with van der Waals surface area (Å²) in [4.78, 5) is 0. The van der Waals surface area contributed by atoms with Crippen molar-refractivity contribution in [2.45, 2.75) is 103 Å². The molecule has 0 aromatic rings. The molecule has 0 rings (SSSR count). The monoisotopic (exact) mass is 265 g/mol. The van der Waals surface area contributed by atoms with Crippen molar-refractivity contribution in [1.29, 1.82) is 0 Å². The third-order valence-corrected chi connectivity index (χ3v) is 3.76. The van der Waals surface area contributed by atoms with E-state index in [0.717, 1.165) is 6.42 Å². The maximum atomic E-state index is 3.88. The normalized spacial score (nSPS) is 11.5. The zero-order chi connectivity index (χ0) is 14.0. The van der Waals surface area contributed by atoms with Crippen LogP contribution < -0.4 is 0 Å². The van der Waals surface area contributed by atoms with Gasteiger partial charge in [0.15, 0.2) is 0 Å². The van der Waals surface area contributed by atoms with Crippen LogP contribution in [0.15, 0.2) is 12.2 Å². The number of hydrogen-bond acceptors (Lipinski definition) is 0. The van der Waals surface area contributed by atoms with E-state index in [1.54, 1.807) is 0 Å². The summed E-state index contributed by atoms with van der Waals surface area (Å²) in [7, 11) is 0. The lowest BCUT2D eigenvalue weighted by Gasteiger charge is -1.99. The van der Waals surface area contributed by atoms with E-state index >= 15 is 0 Å². The summed E-state index contributed by atoms with van der Waals surface area (Å²) in [5.41, 5.74) is 0. The van der Waals surface area contributed by atoms with Crippen molar-refractivity contribution in [2.75, 3.05) is 0 Å². The third kappa shape index (κ3) is 17.7. The minimum atomic E-state index is 1.11. The summed E-state index contributed by atoms with van der Waals surface area (Å²) >= 11 is 0. The molecular formula is C19H37. The zero-order valence-corrected chi connectivity index (χ0v) is 13.5. The Labute approximate surface area is 123 Å². The summed E-state index contributed by atoms with van der Waals surface area (Å²) in [5.74, 6) is 0. The number of unbranched alkanes of at least 4 members (excludes halogenated alkanes) is 13. The van der Waals surface area contributed by atoms with Gasteiger partial charge in [-0.2, -0.15) is 0 Å². The quantitative estimate of drug-likeness (QED) is 0.216. The number of hydrogen-bond donors (Lipinski definition) is 0. The molecule has 0 N–H and O–H groups in total. The number of allylic oxidation sites excluding steroid dienone is 2. The van der Waals surface area contributed by atoms with Crippen LogP contribution >= 0.6 is 0 Å². The van der Waals surface area contributed by atoms with E-state index in [4.69, 9.17) is 0 Å². The first kappa shape index (κ1) is 18.7. The third-order valence-electron chi connectivity index (χ3n) is 3.76. The molecule has 0 aliphatic heterocycles. The van der Waals surface area contributed by atoms with Crippen molar-refractivity contribution in [2.24, 2.45) is 0 Å². The van der Waals surface area contributed by atoms with Crippen LogP contribution in [0.4, 0.5) is 0 Å². The topological polar surface area (TPSA) is 0 Å². The average Bonchev–Trinajstić information content (AvgIpc) is 2.43. The molecule has 0 atom stereocenters. The molecule has 0 unspecified atom stereocenters. The van der Waals surface area contributed by atoms with Crippen LogP contribution in [0.5, 0.6) is 0 Å². The molecule has 0 bridgehead atoms. The second-order valence-corrected chi connectivity index (χ2v) is 5.79. The molecule has 0 saturated heterocycles. The molecule has 19 heavy (non-hydrogen) atoms. The van der Waals surface area contributed by atoms with E-state index in [2.05, 4.69) is 26.0 Å². The average molecular weight is 266 g/mol. The molecule has 0 amide bonds. The molecule has 0 saturated carbocycles. The molecule has 0 aromatic heterocycles. The van der Waals surface area contributed by atoms with E-state index in [9.17, 15) is 0 Å². The lowest BCUT2D eigenvalue weighted by atomic mass is 10.1. The Hall–Kier alpha value is -0.260. The van der Waals surface area contributed by atoms with Gasteiger partial charge in [0.25, 0.3) is 0 Å². The van der Waals surface area contributed by atoms with Crippen LogP contribution in [0, 0.1) is 6.92 Å². The van der Waals surface area contributed by atoms with Crippen molar-refractivity contribution in [3.8, 4) is 0 Å². The van der Waals surface area contributed by atoms with Gasteiger partial charge in [0, 0.05) is 0 Å². The van der Waals surface area contributed by atoms with Crippen LogP contribution in [0.1, 0.15) is 103 Å². The minimum absolute atomic E-state index is 1.11. The van der Waals surface area contributed by atoms with Gasteiger partial charge in [-0.1, -0.05) is 96.6 Å². The van der Waals surface area contributed by atoms with Gasteiger partial charge in [-0.3, -0.25) is 0 Å². The first-order valence-corrected chi connectivity index (χ1v) is 8.86. The molecule has 0 aliphatic rings. The van der Waals surface area contributed by atoms with Crippen LogP contribution in [-0.2, 0) is 0 Å². The fourth-order valence-electron chi connectivity index (χ4n) is 2.42. The molecule has 0 aliphatic carbocycles. The molecule has 0 heterocycles. The van der Waals surface area contributed by atoms with Crippen LogP contribution in [0.3, 0.4) is 0 Å². The molecular weight excluding hydrogens is 228 g/mol. The van der Waals surface area contributed by atoms with Gasteiger partial charge in [-0.25, -0.2) is 0 Å². The molecule has 0 fully saturated rings. The minimum Gasteiger partial charge on any atom is -0.0885 e. The molecule has 0 aromatic carbocycles. The van der Waals surface area contributed by atoms with Crippen LogP contribution in [-0.4, -0.2) is 0 Å². The first-order chi connectivity index (χ1) is 9.41. The van der Waals surface area contributed by atoms with Gasteiger partial charge in [-0.05, 0) is 25.7 Å². The van der Waals surface area contributed by atoms with Crippen molar-refractivity contribution < 1.29 is 0 Å². The lowest BCUT2D eigenvalue weighted by molar-refractivity contribution is 0.598. The zero-order valence-electron chi connectivity index (χ0n) is 13.5. The van der Waals surface area contributed by atoms with E-state index < -0.39 is 0 Å². The highest BCUT2D eigenvalue weighted by Gasteiger charge is 1.90. The Morgan fingerprint density at radius 3 is 1.47 bits per heavy atom. The van der Waals surface area contributed by atoms with Crippen molar-refractivity contribution in [3.05, 3.63) is 19.1 Å². The molecule has 0 nitrogen and oxygen atoms in total. The van der Waals surface area contributed by atoms with E-state index in [0.29, 0.717) is 0 Å². The summed E-state index contributed by atoms with van der Waals surface area (Å²) in [6.45, 7) is 6.16. The maximum Gasteiger partial charge on any atom is -0.0351 e. The highest BCUT2D eigenvalue weighted by Crippen LogP contribution is 2.10. The molecule has 0 spiro atoms. The van der Waals surface area contributed by atoms with Crippen molar-refractivity contribution in [3.63, 3.8) is 0 Å². The molecule has 1 radical (unpaired) electrons. The highest BCUT2D eigenvalue weighted by molar-refractivity contribution is 4.81. The van der Waals surface area contributed by atoms with Crippen molar-refractivity contribution >= 4 is 0 Å². The SMILES string of the molecule is [CH2]CCCCCCCC/C=C\CCCCCCCC. The number of rotatable bonds is 15. The molecule has 0 heteroatoms. The summed E-state index contributed by atoms with van der Waals surface area (Å²) in [6, 6.07) is 0. The van der Waals surface area contributed by atoms with E-state index in [1.165, 1.54) is 89.9 Å². The van der Waals surface area contributed by atoms with Crippen LogP contribution in [0.25, 0.3) is 0 Å². The van der Waals surface area contributed by atoms with Crippen LogP contribution in [0.2, 0.25) is 0 Å². The van der Waals surface area contributed by atoms with Gasteiger partial charge in [0.1, 0.15) is 0 Å². The summed E-state index contributed by atoms with van der Waals surface area (Å²) < 4.78 is 0. The Kier molecular flexibility index (Phi) is 17.5. The summed E-state index contributed by atoms with van der Waals surface area (Å²) in [5, 5.41) is 0. The second-order valence-electron chi connectivity index (χ2n) is 5.79. The van der Waals surface area contributed by atoms with E-state index in [-0.39, 0.29) is 0 Å². The maximum absolute atomic E-state index is 3.88. The first-order valence-electron chi connectivity index (χ1n) is 8.86. The Bertz CT molecular complexity index is 169. The van der Waals surface area contributed by atoms with Crippen molar-refractivity contribution in [1.82, 2.24) is 0 Å². The summed E-state index contributed by atoms with van der Waals surface area (Å²) in [6.07, 6.45) is 25.3.